The molecule has 1 aromatic rings. The van der Waals surface area contributed by atoms with Gasteiger partial charge in [0.05, 0.1) is 25.4 Å². The Morgan fingerprint density at radius 1 is 0.920 bits per heavy atom. The molecule has 6 N–H and O–H groups in total. The zero-order chi connectivity index (χ0) is 19.4. The second-order valence-electron chi connectivity index (χ2n) is 5.32. The van der Waals surface area contributed by atoms with Crippen molar-refractivity contribution >= 4 is 11.9 Å². The molecular weight excluding hydrogens is 334 g/mol. The van der Waals surface area contributed by atoms with Crippen LogP contribution in [-0.2, 0) is 9.59 Å². The van der Waals surface area contributed by atoms with Gasteiger partial charge in [0.1, 0.15) is 0 Å². The predicted octanol–water partition coefficient (Wildman–Crippen LogP) is -1.09. The van der Waals surface area contributed by atoms with Crippen molar-refractivity contribution in [2.75, 3.05) is 26.3 Å². The van der Waals surface area contributed by atoms with Gasteiger partial charge in [-0.05, 0) is 12.5 Å². The van der Waals surface area contributed by atoms with Crippen molar-refractivity contribution in [1.82, 2.24) is 4.90 Å². The van der Waals surface area contributed by atoms with Crippen LogP contribution in [0.5, 0.6) is 0 Å². The Bertz CT molecular complexity index is 486. The monoisotopic (exact) mass is 359 g/mol. The van der Waals surface area contributed by atoms with E-state index in [1.54, 1.807) is 0 Å². The number of rotatable bonds is 8. The fraction of sp³-hybridized carbons (Fsp3) is 0.500. The summed E-state index contributed by atoms with van der Waals surface area (Å²) in [6, 6.07) is 9.68. The van der Waals surface area contributed by atoms with Gasteiger partial charge in [0.15, 0.2) is 0 Å². The molecule has 3 unspecified atom stereocenters. The molecule has 0 aliphatic heterocycles. The summed E-state index contributed by atoms with van der Waals surface area (Å²) in [4.78, 5) is 20.0. The van der Waals surface area contributed by atoms with E-state index in [1.165, 1.54) is 0 Å². The third-order valence-electron chi connectivity index (χ3n) is 3.32. The number of benzene rings is 1. The summed E-state index contributed by atoms with van der Waals surface area (Å²) in [6.45, 7) is 1.79. The topological polar surface area (TPSA) is 159 Å². The average molecular weight is 359 g/mol. The van der Waals surface area contributed by atoms with Crippen LogP contribution in [0.25, 0.3) is 0 Å². The zero-order valence-corrected chi connectivity index (χ0v) is 13.9. The number of aliphatic hydroxyl groups excluding tert-OH is 4. The van der Waals surface area contributed by atoms with E-state index in [9.17, 15) is 10.2 Å². The van der Waals surface area contributed by atoms with Gasteiger partial charge in [-0.15, -0.1) is 0 Å². The summed E-state index contributed by atoms with van der Waals surface area (Å²) in [5.74, 6) is -3.65. The lowest BCUT2D eigenvalue weighted by atomic mass is 10.1. The number of aliphatic hydroxyl groups is 4. The molecule has 9 heteroatoms. The molecular formula is C16H25NO8. The molecule has 0 amide bonds. The van der Waals surface area contributed by atoms with Crippen LogP contribution in [0.1, 0.15) is 18.5 Å². The van der Waals surface area contributed by atoms with Crippen LogP contribution >= 0.6 is 0 Å². The van der Waals surface area contributed by atoms with E-state index in [-0.39, 0.29) is 32.3 Å². The Hall–Kier alpha value is -2.04. The lowest BCUT2D eigenvalue weighted by Crippen LogP contribution is -2.41. The maximum atomic E-state index is 9.57. The van der Waals surface area contributed by atoms with Crippen LogP contribution in [0.4, 0.5) is 0 Å². The molecule has 3 atom stereocenters. The lowest BCUT2D eigenvalue weighted by Gasteiger charge is -2.32. The lowest BCUT2D eigenvalue weighted by molar-refractivity contribution is -0.159. The Balaban J connectivity index is 0.000000823. The first-order valence-electron chi connectivity index (χ1n) is 7.55. The van der Waals surface area contributed by atoms with Crippen molar-refractivity contribution in [3.8, 4) is 0 Å². The first-order valence-corrected chi connectivity index (χ1v) is 7.55. The summed E-state index contributed by atoms with van der Waals surface area (Å²) in [5.41, 5.74) is 1.05. The molecule has 25 heavy (non-hydrogen) atoms. The summed E-state index contributed by atoms with van der Waals surface area (Å²) >= 11 is 0. The van der Waals surface area contributed by atoms with Crippen molar-refractivity contribution in [3.63, 3.8) is 0 Å². The predicted molar refractivity (Wildman–Crippen MR) is 87.9 cm³/mol. The standard InChI is InChI=1S/C14H23NO4.C2H2O4/c1-11(12-5-3-2-4-6-12)15(7-13(18)9-16)8-14(19)10-17;3-1(4)2(5)6/h2-6,11,13-14,16-19H,7-10H2,1H3;(H,3,4)(H,5,6). The van der Waals surface area contributed by atoms with Gasteiger partial charge >= 0.3 is 11.9 Å². The number of hydrogen-bond donors (Lipinski definition) is 6. The summed E-state index contributed by atoms with van der Waals surface area (Å²) in [6.07, 6.45) is -1.73. The fourth-order valence-corrected chi connectivity index (χ4v) is 1.99. The number of aliphatic carboxylic acids is 2. The highest BCUT2D eigenvalue weighted by Crippen LogP contribution is 2.20. The van der Waals surface area contributed by atoms with Crippen LogP contribution in [-0.4, -0.2) is 86.0 Å². The number of carboxylic acid groups (broad SMARTS) is 2. The first-order chi connectivity index (χ1) is 11.7. The summed E-state index contributed by atoms with van der Waals surface area (Å²) < 4.78 is 0. The van der Waals surface area contributed by atoms with Crippen LogP contribution in [0, 0.1) is 0 Å². The Morgan fingerprint density at radius 2 is 1.32 bits per heavy atom. The maximum absolute atomic E-state index is 9.57. The van der Waals surface area contributed by atoms with E-state index < -0.39 is 24.1 Å². The van der Waals surface area contributed by atoms with Crippen LogP contribution in [0.2, 0.25) is 0 Å². The van der Waals surface area contributed by atoms with Crippen molar-refractivity contribution in [2.24, 2.45) is 0 Å². The Labute approximate surface area is 145 Å². The summed E-state index contributed by atoms with van der Waals surface area (Å²) in [7, 11) is 0. The smallest absolute Gasteiger partial charge is 0.414 e. The zero-order valence-electron chi connectivity index (χ0n) is 13.9. The largest absolute Gasteiger partial charge is 0.473 e. The second kappa shape index (κ2) is 12.3. The Kier molecular flexibility index (Phi) is 11.3. The number of carboxylic acids is 2. The highest BCUT2D eigenvalue weighted by Gasteiger charge is 2.21. The van der Waals surface area contributed by atoms with E-state index in [0.717, 1.165) is 5.56 Å². The first kappa shape index (κ1) is 23.0. The third-order valence-corrected chi connectivity index (χ3v) is 3.32. The quantitative estimate of drug-likeness (QED) is 0.317. The molecule has 0 heterocycles. The van der Waals surface area contributed by atoms with E-state index in [4.69, 9.17) is 30.0 Å². The number of hydrogen-bond acceptors (Lipinski definition) is 7. The minimum Gasteiger partial charge on any atom is -0.473 e. The third kappa shape index (κ3) is 9.75. The molecule has 9 nitrogen and oxygen atoms in total. The molecule has 142 valence electrons. The van der Waals surface area contributed by atoms with E-state index in [2.05, 4.69) is 0 Å². The molecule has 0 spiro atoms. The molecule has 0 aromatic heterocycles. The Morgan fingerprint density at radius 3 is 1.64 bits per heavy atom. The van der Waals surface area contributed by atoms with E-state index >= 15 is 0 Å². The van der Waals surface area contributed by atoms with Gasteiger partial charge in [-0.2, -0.15) is 0 Å². The molecule has 0 saturated carbocycles. The van der Waals surface area contributed by atoms with Crippen LogP contribution < -0.4 is 0 Å². The highest BCUT2D eigenvalue weighted by molar-refractivity contribution is 6.27. The van der Waals surface area contributed by atoms with Gasteiger partial charge in [-0.1, -0.05) is 30.3 Å². The minimum atomic E-state index is -1.82. The molecule has 0 aliphatic carbocycles. The van der Waals surface area contributed by atoms with Crippen molar-refractivity contribution < 1.29 is 40.2 Å². The van der Waals surface area contributed by atoms with Gasteiger partial charge in [0, 0.05) is 19.1 Å². The molecule has 1 rings (SSSR count). The van der Waals surface area contributed by atoms with Crippen LogP contribution in [0.15, 0.2) is 30.3 Å². The van der Waals surface area contributed by atoms with Gasteiger partial charge < -0.3 is 30.6 Å². The van der Waals surface area contributed by atoms with E-state index in [0.29, 0.717) is 0 Å². The summed E-state index contributed by atoms with van der Waals surface area (Å²) in [5, 5.41) is 51.8. The molecule has 1 aromatic carbocycles. The van der Waals surface area contributed by atoms with Gasteiger partial charge in [0.25, 0.3) is 0 Å². The molecule has 0 bridgehead atoms. The van der Waals surface area contributed by atoms with Crippen molar-refractivity contribution in [3.05, 3.63) is 35.9 Å². The number of nitrogens with zero attached hydrogens (tertiary/aromatic N) is 1. The fourth-order valence-electron chi connectivity index (χ4n) is 1.99. The highest BCUT2D eigenvalue weighted by atomic mass is 16.4. The maximum Gasteiger partial charge on any atom is 0.414 e. The van der Waals surface area contributed by atoms with Gasteiger partial charge in [-0.25, -0.2) is 9.59 Å². The normalized spacial score (nSPS) is 14.2. The SMILES string of the molecule is CC(c1ccccc1)N(CC(O)CO)CC(O)CO.O=C(O)C(=O)O. The molecule has 0 saturated heterocycles. The van der Waals surface area contributed by atoms with Crippen molar-refractivity contribution in [2.45, 2.75) is 25.2 Å². The number of carbonyl (C=O) groups is 2. The average Bonchev–Trinajstić information content (AvgIpc) is 2.61. The minimum absolute atomic E-state index is 0.0244. The van der Waals surface area contributed by atoms with Crippen molar-refractivity contribution in [1.29, 1.82) is 0 Å². The van der Waals surface area contributed by atoms with Gasteiger partial charge in [-0.3, -0.25) is 4.90 Å². The molecule has 0 aliphatic rings. The van der Waals surface area contributed by atoms with Crippen LogP contribution in [0.3, 0.4) is 0 Å². The molecule has 0 fully saturated rings. The van der Waals surface area contributed by atoms with E-state index in [1.807, 2.05) is 42.2 Å². The second-order valence-corrected chi connectivity index (χ2v) is 5.32. The molecule has 0 radical (unpaired) electrons. The van der Waals surface area contributed by atoms with Gasteiger partial charge in [0.2, 0.25) is 0 Å².